The number of aromatic carboxylic acids is 1. The number of carboxylic acids is 1. The van der Waals surface area contributed by atoms with E-state index in [-0.39, 0.29) is 42.1 Å². The van der Waals surface area contributed by atoms with Gasteiger partial charge in [0.2, 0.25) is 6.79 Å². The van der Waals surface area contributed by atoms with Gasteiger partial charge in [-0.2, -0.15) is 0 Å². The number of rotatable bonds is 9. The Kier molecular flexibility index (Phi) is 9.21. The molecule has 0 fully saturated rings. The summed E-state index contributed by atoms with van der Waals surface area (Å²) in [6.07, 6.45) is -0.404. The third-order valence-electron chi connectivity index (χ3n) is 7.71. The Morgan fingerprint density at radius 1 is 1.07 bits per heavy atom. The molecule has 2 aliphatic rings. The molecule has 4 N–H and O–H groups in total. The fourth-order valence-corrected chi connectivity index (χ4v) is 5.25. The van der Waals surface area contributed by atoms with E-state index in [1.807, 2.05) is 14.0 Å². The van der Waals surface area contributed by atoms with E-state index in [0.29, 0.717) is 42.5 Å². The minimum absolute atomic E-state index is 0.115. The Hall–Kier alpha value is -4.81. The Morgan fingerprint density at radius 2 is 1.82 bits per heavy atom. The molecule has 0 saturated heterocycles. The lowest BCUT2D eigenvalue weighted by Crippen LogP contribution is -2.49. The minimum Gasteiger partial charge on any atom is -0.486 e. The Bertz CT molecular complexity index is 1530. The lowest BCUT2D eigenvalue weighted by molar-refractivity contribution is 0.0343. The maximum atomic E-state index is 13.7. The predicted molar refractivity (Wildman–Crippen MR) is 163 cm³/mol. The highest BCUT2D eigenvalue weighted by molar-refractivity contribution is 6.04. The first-order valence-electron chi connectivity index (χ1n) is 14.3. The van der Waals surface area contributed by atoms with E-state index >= 15 is 0 Å². The van der Waals surface area contributed by atoms with E-state index in [1.165, 1.54) is 0 Å². The Labute approximate surface area is 255 Å². The molecular formula is C32H36N4O8. The smallest absolute Gasteiger partial charge is 0.335 e. The molecule has 0 radical (unpaired) electrons. The van der Waals surface area contributed by atoms with Crippen molar-refractivity contribution in [3.05, 3.63) is 77.4 Å². The van der Waals surface area contributed by atoms with Crippen molar-refractivity contribution in [1.29, 1.82) is 0 Å². The quantitative estimate of drug-likeness (QED) is 0.283. The molecule has 0 unspecified atom stereocenters. The highest BCUT2D eigenvalue weighted by Crippen LogP contribution is 2.36. The molecule has 2 aliphatic heterocycles. The van der Waals surface area contributed by atoms with Crippen LogP contribution in [0.1, 0.15) is 40.1 Å². The number of aliphatic hydroxyl groups excluding tert-OH is 1. The van der Waals surface area contributed by atoms with Gasteiger partial charge in [-0.15, -0.1) is 0 Å². The van der Waals surface area contributed by atoms with Gasteiger partial charge in [-0.05, 0) is 55.9 Å². The molecule has 2 heterocycles. The minimum atomic E-state index is -0.981. The van der Waals surface area contributed by atoms with Gasteiger partial charge in [0.25, 0.3) is 5.91 Å². The average molecular weight is 605 g/mol. The van der Waals surface area contributed by atoms with Crippen LogP contribution in [-0.4, -0.2) is 83.6 Å². The summed E-state index contributed by atoms with van der Waals surface area (Å²) in [6.45, 7) is 5.04. The number of urea groups is 1. The van der Waals surface area contributed by atoms with Crippen LogP contribution in [0.15, 0.2) is 60.7 Å². The molecule has 3 atom stereocenters. The first-order valence-corrected chi connectivity index (χ1v) is 14.3. The van der Waals surface area contributed by atoms with Crippen LogP contribution in [0.25, 0.3) is 0 Å². The normalized spacial score (nSPS) is 18.1. The zero-order chi connectivity index (χ0) is 31.4. The Balaban J connectivity index is 1.39. The van der Waals surface area contributed by atoms with Crippen LogP contribution in [0.5, 0.6) is 17.2 Å². The predicted octanol–water partition coefficient (Wildman–Crippen LogP) is 4.11. The first kappa shape index (κ1) is 30.6. The van der Waals surface area contributed by atoms with E-state index in [2.05, 4.69) is 15.5 Å². The number of anilines is 2. The molecule has 44 heavy (non-hydrogen) atoms. The largest absolute Gasteiger partial charge is 0.486 e. The number of para-hydroxylation sites is 1. The number of hydrogen-bond acceptors (Lipinski definition) is 8. The summed E-state index contributed by atoms with van der Waals surface area (Å²) in [6, 6.07) is 15.8. The van der Waals surface area contributed by atoms with Crippen LogP contribution in [-0.2, 0) is 6.54 Å². The third-order valence-corrected chi connectivity index (χ3v) is 7.71. The van der Waals surface area contributed by atoms with Crippen molar-refractivity contribution in [2.24, 2.45) is 5.92 Å². The second-order valence-corrected chi connectivity index (χ2v) is 11.2. The molecule has 0 aliphatic carbocycles. The van der Waals surface area contributed by atoms with Gasteiger partial charge in [0.15, 0.2) is 17.2 Å². The second-order valence-electron chi connectivity index (χ2n) is 11.2. The van der Waals surface area contributed by atoms with Crippen molar-refractivity contribution in [3.8, 4) is 17.2 Å². The number of benzene rings is 3. The van der Waals surface area contributed by atoms with E-state index in [0.717, 1.165) is 5.56 Å². The van der Waals surface area contributed by atoms with Crippen molar-refractivity contribution in [1.82, 2.24) is 9.80 Å². The molecule has 3 amide bonds. The number of nitrogens with zero attached hydrogens (tertiary/aromatic N) is 2. The topological polar surface area (TPSA) is 150 Å². The maximum Gasteiger partial charge on any atom is 0.335 e. The molecule has 0 spiro atoms. The van der Waals surface area contributed by atoms with Crippen molar-refractivity contribution in [2.75, 3.05) is 44.2 Å². The lowest BCUT2D eigenvalue weighted by atomic mass is 9.98. The van der Waals surface area contributed by atoms with Crippen LogP contribution < -0.4 is 24.8 Å². The summed E-state index contributed by atoms with van der Waals surface area (Å²) in [4.78, 5) is 41.8. The zero-order valence-corrected chi connectivity index (χ0v) is 24.8. The van der Waals surface area contributed by atoms with E-state index in [1.54, 1.807) is 72.5 Å². The lowest BCUT2D eigenvalue weighted by Gasteiger charge is -2.38. The fourth-order valence-electron chi connectivity index (χ4n) is 5.25. The van der Waals surface area contributed by atoms with Crippen molar-refractivity contribution in [3.63, 3.8) is 0 Å². The number of ether oxygens (including phenoxy) is 3. The highest BCUT2D eigenvalue weighted by Gasteiger charge is 2.34. The van der Waals surface area contributed by atoms with Crippen molar-refractivity contribution < 1.29 is 38.8 Å². The SMILES string of the molecule is C[C@@H]1CN([C@H](C)CO)C(=O)c2cccc(NC(=O)Nc3ccc4c(c3)OCO4)c2O[C@H]1CN(C)Cc1ccc(C(=O)O)cc1. The number of aliphatic hydroxyl groups is 1. The average Bonchev–Trinajstić information content (AvgIpc) is 3.47. The number of nitrogens with one attached hydrogen (secondary N) is 2. The van der Waals surface area contributed by atoms with Crippen molar-refractivity contribution in [2.45, 2.75) is 32.5 Å². The summed E-state index contributed by atoms with van der Waals surface area (Å²) in [5, 5.41) is 24.8. The molecule has 5 rings (SSSR count). The number of carbonyl (C=O) groups is 3. The van der Waals surface area contributed by atoms with Gasteiger partial charge < -0.3 is 40.0 Å². The van der Waals surface area contributed by atoms with Gasteiger partial charge in [-0.25, -0.2) is 9.59 Å². The number of carboxylic acid groups (broad SMARTS) is 1. The van der Waals surface area contributed by atoms with Gasteiger partial charge in [0.05, 0.1) is 29.5 Å². The molecule has 232 valence electrons. The van der Waals surface area contributed by atoms with Crippen LogP contribution in [0.2, 0.25) is 0 Å². The molecule has 3 aromatic carbocycles. The Morgan fingerprint density at radius 3 is 2.55 bits per heavy atom. The number of hydrogen-bond donors (Lipinski definition) is 4. The number of amides is 3. The molecule has 0 aromatic heterocycles. The summed E-state index contributed by atoms with van der Waals surface area (Å²) >= 11 is 0. The first-order chi connectivity index (χ1) is 21.1. The summed E-state index contributed by atoms with van der Waals surface area (Å²) in [5.74, 6) is -0.0726. The molecular weight excluding hydrogens is 568 g/mol. The fraction of sp³-hybridized carbons (Fsp3) is 0.344. The van der Waals surface area contributed by atoms with Gasteiger partial charge in [0, 0.05) is 37.3 Å². The second kappa shape index (κ2) is 13.2. The van der Waals surface area contributed by atoms with Gasteiger partial charge >= 0.3 is 12.0 Å². The summed E-state index contributed by atoms with van der Waals surface area (Å²) in [7, 11) is 1.93. The van der Waals surface area contributed by atoms with Gasteiger partial charge in [0.1, 0.15) is 6.10 Å². The number of likely N-dealkylation sites (N-methyl/N-ethyl adjacent to an activating group) is 1. The molecule has 3 aromatic rings. The molecule has 12 nitrogen and oxygen atoms in total. The molecule has 0 bridgehead atoms. The van der Waals surface area contributed by atoms with Gasteiger partial charge in [-0.3, -0.25) is 9.69 Å². The van der Waals surface area contributed by atoms with Crippen LogP contribution in [0, 0.1) is 5.92 Å². The van der Waals surface area contributed by atoms with Crippen LogP contribution in [0.4, 0.5) is 16.2 Å². The standard InChI is InChI=1S/C32H36N4O8/c1-19-14-36(20(2)17-37)30(38)24-5-4-6-25(34-32(41)33-23-11-12-26-27(13-23)43-18-42-26)29(24)44-28(19)16-35(3)15-21-7-9-22(10-8-21)31(39)40/h4-13,19-20,28,37H,14-18H2,1-3H3,(H,39,40)(H2,33,34,41)/t19-,20-,28+/m1/s1. The van der Waals surface area contributed by atoms with Crippen LogP contribution in [0.3, 0.4) is 0 Å². The highest BCUT2D eigenvalue weighted by atomic mass is 16.7. The maximum absolute atomic E-state index is 13.7. The van der Waals surface area contributed by atoms with E-state index in [9.17, 15) is 24.6 Å². The molecule has 12 heteroatoms. The monoisotopic (exact) mass is 604 g/mol. The number of fused-ring (bicyclic) bond motifs is 2. The van der Waals surface area contributed by atoms with E-state index in [4.69, 9.17) is 14.2 Å². The zero-order valence-electron chi connectivity index (χ0n) is 24.8. The van der Waals surface area contributed by atoms with Crippen LogP contribution >= 0.6 is 0 Å². The van der Waals surface area contributed by atoms with E-state index < -0.39 is 24.1 Å². The summed E-state index contributed by atoms with van der Waals surface area (Å²) in [5.41, 5.74) is 2.24. The van der Waals surface area contributed by atoms with Gasteiger partial charge in [-0.1, -0.05) is 25.1 Å². The van der Waals surface area contributed by atoms with Crippen molar-refractivity contribution >= 4 is 29.3 Å². The third kappa shape index (κ3) is 6.87. The molecule has 0 saturated carbocycles. The number of carbonyl (C=O) groups excluding carboxylic acids is 2. The summed E-state index contributed by atoms with van der Waals surface area (Å²) < 4.78 is 17.3.